The van der Waals surface area contributed by atoms with E-state index in [0.29, 0.717) is 11.6 Å². The minimum absolute atomic E-state index is 0.124. The van der Waals surface area contributed by atoms with Crippen LogP contribution in [0.1, 0.15) is 5.82 Å². The lowest BCUT2D eigenvalue weighted by molar-refractivity contribution is 0.272. The lowest BCUT2D eigenvalue weighted by Gasteiger charge is -1.99. The second kappa shape index (κ2) is 3.99. The molecule has 1 aromatic heterocycles. The van der Waals surface area contributed by atoms with E-state index in [-0.39, 0.29) is 6.61 Å². The van der Waals surface area contributed by atoms with Crippen molar-refractivity contribution < 1.29 is 5.11 Å². The largest absolute Gasteiger partial charge is 0.388 e. The van der Waals surface area contributed by atoms with Crippen LogP contribution >= 0.6 is 0 Å². The van der Waals surface area contributed by atoms with Crippen molar-refractivity contribution in [2.24, 2.45) is 0 Å². The van der Waals surface area contributed by atoms with E-state index in [1.54, 1.807) is 0 Å². The Labute approximate surface area is 97.9 Å². The van der Waals surface area contributed by atoms with Crippen molar-refractivity contribution in [3.8, 4) is 11.4 Å². The molecular formula is C13H11N3O. The smallest absolute Gasteiger partial charge is 0.181 e. The highest BCUT2D eigenvalue weighted by atomic mass is 16.3. The number of hydrogen-bond acceptors (Lipinski definition) is 3. The first-order valence-corrected chi connectivity index (χ1v) is 5.38. The van der Waals surface area contributed by atoms with Crippen molar-refractivity contribution in [2.75, 3.05) is 0 Å². The first kappa shape index (κ1) is 9.99. The summed E-state index contributed by atoms with van der Waals surface area (Å²) in [5.41, 5.74) is 0.944. The monoisotopic (exact) mass is 225 g/mol. The van der Waals surface area contributed by atoms with Gasteiger partial charge in [-0.3, -0.25) is 5.10 Å². The Morgan fingerprint density at radius 2 is 1.88 bits per heavy atom. The number of nitrogens with one attached hydrogen (secondary N) is 1. The zero-order valence-corrected chi connectivity index (χ0v) is 9.09. The van der Waals surface area contributed by atoms with Crippen LogP contribution in [0.15, 0.2) is 42.5 Å². The van der Waals surface area contributed by atoms with E-state index in [0.717, 1.165) is 10.9 Å². The van der Waals surface area contributed by atoms with Gasteiger partial charge in [-0.25, -0.2) is 4.98 Å². The van der Waals surface area contributed by atoms with Gasteiger partial charge in [0.05, 0.1) is 0 Å². The van der Waals surface area contributed by atoms with Crippen LogP contribution in [-0.2, 0) is 6.61 Å². The standard InChI is InChI=1S/C13H11N3O/c17-8-12-14-13(16-15-12)11-6-5-9-3-1-2-4-10(9)7-11/h1-7,17H,8H2,(H,14,15,16). The summed E-state index contributed by atoms with van der Waals surface area (Å²) >= 11 is 0. The molecule has 2 N–H and O–H groups in total. The van der Waals surface area contributed by atoms with Gasteiger partial charge in [0, 0.05) is 5.56 Å². The van der Waals surface area contributed by atoms with Crippen molar-refractivity contribution in [1.29, 1.82) is 0 Å². The van der Waals surface area contributed by atoms with Gasteiger partial charge in [-0.05, 0) is 16.8 Å². The zero-order valence-electron chi connectivity index (χ0n) is 9.09. The third-order valence-electron chi connectivity index (χ3n) is 2.69. The molecule has 0 radical (unpaired) electrons. The van der Waals surface area contributed by atoms with Crippen LogP contribution in [0.5, 0.6) is 0 Å². The van der Waals surface area contributed by atoms with Gasteiger partial charge in [0.25, 0.3) is 0 Å². The molecule has 0 saturated carbocycles. The number of hydrogen-bond donors (Lipinski definition) is 2. The molecule has 0 fully saturated rings. The van der Waals surface area contributed by atoms with Crippen LogP contribution in [0.25, 0.3) is 22.2 Å². The lowest BCUT2D eigenvalue weighted by Crippen LogP contribution is -1.85. The maximum absolute atomic E-state index is 8.94. The van der Waals surface area contributed by atoms with E-state index < -0.39 is 0 Å². The summed E-state index contributed by atoms with van der Waals surface area (Å²) < 4.78 is 0. The van der Waals surface area contributed by atoms with E-state index >= 15 is 0 Å². The Morgan fingerprint density at radius 1 is 1.06 bits per heavy atom. The van der Waals surface area contributed by atoms with Gasteiger partial charge in [-0.15, -0.1) is 0 Å². The zero-order chi connectivity index (χ0) is 11.7. The first-order valence-electron chi connectivity index (χ1n) is 5.38. The number of nitrogens with zero attached hydrogens (tertiary/aromatic N) is 2. The molecule has 3 aromatic rings. The van der Waals surface area contributed by atoms with Crippen LogP contribution in [0, 0.1) is 0 Å². The molecule has 4 nitrogen and oxygen atoms in total. The van der Waals surface area contributed by atoms with Crippen LogP contribution < -0.4 is 0 Å². The van der Waals surface area contributed by atoms with Crippen LogP contribution in [0.4, 0.5) is 0 Å². The molecule has 0 saturated heterocycles. The van der Waals surface area contributed by atoms with Crippen molar-refractivity contribution in [3.05, 3.63) is 48.3 Å². The van der Waals surface area contributed by atoms with Crippen molar-refractivity contribution in [3.63, 3.8) is 0 Å². The lowest BCUT2D eigenvalue weighted by atomic mass is 10.1. The third kappa shape index (κ3) is 1.79. The molecule has 2 aromatic carbocycles. The van der Waals surface area contributed by atoms with Gasteiger partial charge in [0.1, 0.15) is 6.61 Å². The summed E-state index contributed by atoms with van der Waals surface area (Å²) in [5, 5.41) is 18.0. The van der Waals surface area contributed by atoms with Crippen molar-refractivity contribution in [1.82, 2.24) is 15.2 Å². The average Bonchev–Trinajstić information content (AvgIpc) is 2.87. The number of aliphatic hydroxyl groups excluding tert-OH is 1. The van der Waals surface area contributed by atoms with E-state index in [4.69, 9.17) is 5.11 Å². The fourth-order valence-corrected chi connectivity index (χ4v) is 1.82. The predicted molar refractivity (Wildman–Crippen MR) is 65.2 cm³/mol. The molecule has 17 heavy (non-hydrogen) atoms. The first-order chi connectivity index (χ1) is 8.36. The minimum Gasteiger partial charge on any atom is -0.388 e. The molecule has 0 unspecified atom stereocenters. The number of H-pyrrole nitrogens is 1. The second-order valence-corrected chi connectivity index (χ2v) is 3.83. The summed E-state index contributed by atoms with van der Waals surface area (Å²) in [6.45, 7) is -0.124. The molecule has 4 heteroatoms. The number of rotatable bonds is 2. The van der Waals surface area contributed by atoms with Gasteiger partial charge in [-0.1, -0.05) is 36.4 Å². The number of aliphatic hydroxyl groups is 1. The number of benzene rings is 2. The van der Waals surface area contributed by atoms with Gasteiger partial charge in [0.15, 0.2) is 11.6 Å². The van der Waals surface area contributed by atoms with Crippen LogP contribution in [0.3, 0.4) is 0 Å². The SMILES string of the molecule is OCc1nc(-c2ccc3ccccc3c2)n[nH]1. The fourth-order valence-electron chi connectivity index (χ4n) is 1.82. The maximum atomic E-state index is 8.94. The molecule has 3 rings (SSSR count). The van der Waals surface area contributed by atoms with Crippen molar-refractivity contribution >= 4 is 10.8 Å². The van der Waals surface area contributed by atoms with E-state index in [1.165, 1.54) is 5.39 Å². The van der Waals surface area contributed by atoms with Crippen molar-refractivity contribution in [2.45, 2.75) is 6.61 Å². The fraction of sp³-hybridized carbons (Fsp3) is 0.0769. The van der Waals surface area contributed by atoms with Gasteiger partial charge >= 0.3 is 0 Å². The molecule has 0 aliphatic heterocycles. The summed E-state index contributed by atoms with van der Waals surface area (Å²) in [4.78, 5) is 4.19. The Hall–Kier alpha value is -2.20. The molecule has 0 spiro atoms. The highest BCUT2D eigenvalue weighted by molar-refractivity contribution is 5.86. The average molecular weight is 225 g/mol. The number of fused-ring (bicyclic) bond motifs is 1. The summed E-state index contributed by atoms with van der Waals surface area (Å²) in [7, 11) is 0. The molecule has 0 aliphatic carbocycles. The van der Waals surface area contributed by atoms with Crippen LogP contribution in [-0.4, -0.2) is 20.3 Å². The highest BCUT2D eigenvalue weighted by Gasteiger charge is 2.05. The molecule has 0 atom stereocenters. The molecule has 0 aliphatic rings. The van der Waals surface area contributed by atoms with Crippen LogP contribution in [0.2, 0.25) is 0 Å². The predicted octanol–water partition coefficient (Wildman–Crippen LogP) is 2.12. The van der Waals surface area contributed by atoms with Gasteiger partial charge < -0.3 is 5.11 Å². The van der Waals surface area contributed by atoms with Gasteiger partial charge in [-0.2, -0.15) is 5.10 Å². The summed E-state index contributed by atoms with van der Waals surface area (Å²) in [6, 6.07) is 14.2. The van der Waals surface area contributed by atoms with E-state index in [9.17, 15) is 0 Å². The maximum Gasteiger partial charge on any atom is 0.181 e. The summed E-state index contributed by atoms with van der Waals surface area (Å²) in [5.74, 6) is 1.09. The Morgan fingerprint density at radius 3 is 2.65 bits per heavy atom. The van der Waals surface area contributed by atoms with E-state index in [1.807, 2.05) is 30.3 Å². The number of aromatic nitrogens is 3. The Kier molecular flexibility index (Phi) is 2.34. The third-order valence-corrected chi connectivity index (χ3v) is 2.69. The normalized spacial score (nSPS) is 10.9. The molecule has 1 heterocycles. The highest BCUT2D eigenvalue weighted by Crippen LogP contribution is 2.21. The molecular weight excluding hydrogens is 214 g/mol. The molecule has 84 valence electrons. The topological polar surface area (TPSA) is 61.8 Å². The van der Waals surface area contributed by atoms with E-state index in [2.05, 4.69) is 27.3 Å². The summed E-state index contributed by atoms with van der Waals surface area (Å²) in [6.07, 6.45) is 0. The second-order valence-electron chi connectivity index (χ2n) is 3.83. The Balaban J connectivity index is 2.11. The Bertz CT molecular complexity index is 660. The van der Waals surface area contributed by atoms with Gasteiger partial charge in [0.2, 0.25) is 0 Å². The molecule has 0 bridgehead atoms. The number of aromatic amines is 1. The minimum atomic E-state index is -0.124. The quantitative estimate of drug-likeness (QED) is 0.702. The molecule has 0 amide bonds.